The van der Waals surface area contributed by atoms with Crippen LogP contribution >= 0.6 is 11.3 Å². The maximum atomic E-state index is 13.3. The van der Waals surface area contributed by atoms with Gasteiger partial charge < -0.3 is 4.74 Å². The third-order valence-corrected chi connectivity index (χ3v) is 6.28. The summed E-state index contributed by atoms with van der Waals surface area (Å²) in [6.07, 6.45) is 0.599. The molecule has 11 heteroatoms. The standard InChI is InChI=1S/C20H22N6O4S/c1-3-30-19(28)16-12(2)15-17(27)26(11-14-21-23-24-22-14)20(29)25(18(15)31-16)10-9-13-7-5-4-6-8-13/h4-8,23-24H,3,9-11H2,1-2H3,(H,21,22). The Balaban J connectivity index is 1.87. The van der Waals surface area contributed by atoms with E-state index in [4.69, 9.17) is 4.74 Å². The van der Waals surface area contributed by atoms with E-state index in [1.165, 1.54) is 0 Å². The Morgan fingerprint density at radius 2 is 1.97 bits per heavy atom. The number of esters is 1. The van der Waals surface area contributed by atoms with E-state index in [-0.39, 0.29) is 13.2 Å². The molecule has 0 amide bonds. The van der Waals surface area contributed by atoms with Gasteiger partial charge in [-0.15, -0.1) is 22.0 Å². The first-order valence-corrected chi connectivity index (χ1v) is 10.6. The minimum absolute atomic E-state index is 0.0387. The van der Waals surface area contributed by atoms with Crippen LogP contribution in [0.2, 0.25) is 0 Å². The third kappa shape index (κ3) is 3.97. The molecule has 31 heavy (non-hydrogen) atoms. The number of carbonyl (C=O) groups is 1. The number of benzene rings is 1. The molecule has 3 N–H and O–H groups in total. The molecule has 1 aromatic carbocycles. The van der Waals surface area contributed by atoms with Crippen LogP contribution in [0.1, 0.15) is 27.7 Å². The molecular weight excluding hydrogens is 420 g/mol. The van der Waals surface area contributed by atoms with Crippen molar-refractivity contribution in [3.05, 3.63) is 67.2 Å². The molecule has 0 unspecified atom stereocenters. The molecule has 0 fully saturated rings. The van der Waals surface area contributed by atoms with E-state index < -0.39 is 17.2 Å². The van der Waals surface area contributed by atoms with Crippen LogP contribution in [0.3, 0.4) is 0 Å². The zero-order chi connectivity index (χ0) is 22.0. The van der Waals surface area contributed by atoms with E-state index in [9.17, 15) is 14.4 Å². The summed E-state index contributed by atoms with van der Waals surface area (Å²) in [6, 6.07) is 9.77. The van der Waals surface area contributed by atoms with Crippen molar-refractivity contribution in [2.24, 2.45) is 5.10 Å². The summed E-state index contributed by atoms with van der Waals surface area (Å²) in [5, 5.41) is 4.31. The first kappa shape index (κ1) is 20.8. The molecule has 10 nitrogen and oxygen atoms in total. The van der Waals surface area contributed by atoms with Crippen LogP contribution in [0, 0.1) is 6.92 Å². The number of nitrogens with zero attached hydrogens (tertiary/aromatic N) is 3. The van der Waals surface area contributed by atoms with E-state index >= 15 is 0 Å². The maximum Gasteiger partial charge on any atom is 0.348 e. The number of fused-ring (bicyclic) bond motifs is 1. The molecule has 0 saturated carbocycles. The van der Waals surface area contributed by atoms with Crippen molar-refractivity contribution in [1.82, 2.24) is 25.6 Å². The highest BCUT2D eigenvalue weighted by Crippen LogP contribution is 2.28. The van der Waals surface area contributed by atoms with Crippen molar-refractivity contribution in [2.45, 2.75) is 33.4 Å². The Bertz CT molecular complexity index is 1270. The summed E-state index contributed by atoms with van der Waals surface area (Å²) in [5.41, 5.74) is 8.52. The van der Waals surface area contributed by atoms with Gasteiger partial charge in [0.25, 0.3) is 5.56 Å². The lowest BCUT2D eigenvalue weighted by Crippen LogP contribution is -2.44. The quantitative estimate of drug-likeness (QED) is 0.465. The number of hydrazone groups is 1. The zero-order valence-corrected chi connectivity index (χ0v) is 17.9. The summed E-state index contributed by atoms with van der Waals surface area (Å²) in [5.74, 6) is -0.101. The van der Waals surface area contributed by atoms with E-state index in [2.05, 4.69) is 21.6 Å². The number of ether oxygens (including phenoxy) is 1. The van der Waals surface area contributed by atoms with Gasteiger partial charge in [-0.3, -0.25) is 19.4 Å². The molecule has 1 aliphatic heterocycles. The number of thiophene rings is 1. The van der Waals surface area contributed by atoms with Gasteiger partial charge in [0.15, 0.2) is 5.84 Å². The van der Waals surface area contributed by atoms with Crippen molar-refractivity contribution in [3.63, 3.8) is 0 Å². The molecule has 3 heterocycles. The number of hydrogen-bond donors (Lipinski definition) is 3. The van der Waals surface area contributed by atoms with Crippen molar-refractivity contribution >= 4 is 33.4 Å². The van der Waals surface area contributed by atoms with Crippen LogP contribution < -0.4 is 27.7 Å². The molecular formula is C20H22N6O4S. The molecule has 0 radical (unpaired) electrons. The van der Waals surface area contributed by atoms with Crippen molar-refractivity contribution in [2.75, 3.05) is 6.61 Å². The average Bonchev–Trinajstić information content (AvgIpc) is 3.40. The molecule has 2 aromatic heterocycles. The highest BCUT2D eigenvalue weighted by Gasteiger charge is 2.24. The molecule has 1 aliphatic rings. The van der Waals surface area contributed by atoms with Gasteiger partial charge in [-0.05, 0) is 31.4 Å². The average molecular weight is 443 g/mol. The van der Waals surface area contributed by atoms with Crippen LogP contribution in [0.25, 0.3) is 10.2 Å². The van der Waals surface area contributed by atoms with E-state index in [1.807, 2.05) is 30.3 Å². The molecule has 0 aliphatic carbocycles. The van der Waals surface area contributed by atoms with E-state index in [1.54, 1.807) is 18.4 Å². The van der Waals surface area contributed by atoms with Gasteiger partial charge in [0, 0.05) is 6.54 Å². The number of hydrazine groups is 2. The predicted molar refractivity (Wildman–Crippen MR) is 118 cm³/mol. The Hall–Kier alpha value is -3.44. The molecule has 0 spiro atoms. The Morgan fingerprint density at radius 1 is 1.19 bits per heavy atom. The molecule has 162 valence electrons. The van der Waals surface area contributed by atoms with Gasteiger partial charge in [0.2, 0.25) is 0 Å². The number of carbonyl (C=O) groups excluding carboxylic acids is 1. The zero-order valence-electron chi connectivity index (χ0n) is 17.1. The lowest BCUT2D eigenvalue weighted by molar-refractivity contribution is 0.0531. The number of nitrogens with one attached hydrogen (secondary N) is 3. The lowest BCUT2D eigenvalue weighted by Gasteiger charge is -2.12. The van der Waals surface area contributed by atoms with Gasteiger partial charge in [-0.25, -0.2) is 15.1 Å². The van der Waals surface area contributed by atoms with Gasteiger partial charge in [-0.2, -0.15) is 0 Å². The lowest BCUT2D eigenvalue weighted by atomic mass is 10.1. The van der Waals surface area contributed by atoms with Gasteiger partial charge in [0.05, 0.1) is 18.5 Å². The Kier molecular flexibility index (Phi) is 5.87. The van der Waals surface area contributed by atoms with Crippen LogP contribution in [0.15, 0.2) is 45.0 Å². The van der Waals surface area contributed by atoms with Gasteiger partial charge >= 0.3 is 11.7 Å². The molecule has 0 bridgehead atoms. The second kappa shape index (κ2) is 8.74. The summed E-state index contributed by atoms with van der Waals surface area (Å²) in [6.45, 7) is 3.97. The first-order chi connectivity index (χ1) is 15.0. The monoisotopic (exact) mass is 442 g/mol. The number of amidine groups is 1. The fourth-order valence-corrected chi connectivity index (χ4v) is 4.67. The minimum Gasteiger partial charge on any atom is -0.462 e. The third-order valence-electron chi connectivity index (χ3n) is 4.98. The Morgan fingerprint density at radius 3 is 2.65 bits per heavy atom. The molecule has 4 rings (SSSR count). The maximum absolute atomic E-state index is 13.3. The number of hydrogen-bond acceptors (Lipinski definition) is 9. The van der Waals surface area contributed by atoms with E-state index in [0.717, 1.165) is 21.5 Å². The second-order valence-corrected chi connectivity index (χ2v) is 7.94. The summed E-state index contributed by atoms with van der Waals surface area (Å²) in [4.78, 5) is 39.8. The fourth-order valence-electron chi connectivity index (χ4n) is 3.46. The molecule has 0 saturated heterocycles. The topological polar surface area (TPSA) is 119 Å². The second-order valence-electron chi connectivity index (χ2n) is 6.94. The van der Waals surface area contributed by atoms with Gasteiger partial charge in [0.1, 0.15) is 9.71 Å². The van der Waals surface area contributed by atoms with Crippen LogP contribution in [-0.4, -0.2) is 27.5 Å². The highest BCUT2D eigenvalue weighted by molar-refractivity contribution is 7.20. The normalized spacial score (nSPS) is 13.0. The Labute approximate surface area is 181 Å². The van der Waals surface area contributed by atoms with Gasteiger partial charge in [-0.1, -0.05) is 30.3 Å². The fraction of sp³-hybridized carbons (Fsp3) is 0.300. The number of rotatable bonds is 7. The van der Waals surface area contributed by atoms with Crippen molar-refractivity contribution in [3.8, 4) is 0 Å². The molecule has 3 aromatic rings. The van der Waals surface area contributed by atoms with Crippen molar-refractivity contribution < 1.29 is 9.53 Å². The van der Waals surface area contributed by atoms with Crippen molar-refractivity contribution in [1.29, 1.82) is 0 Å². The van der Waals surface area contributed by atoms with Crippen LogP contribution in [0.5, 0.6) is 0 Å². The van der Waals surface area contributed by atoms with E-state index in [0.29, 0.717) is 39.5 Å². The predicted octanol–water partition coefficient (Wildman–Crippen LogP) is 0.878. The number of aromatic nitrogens is 2. The molecule has 0 atom stereocenters. The number of aryl methyl sites for hydroxylation is 3. The highest BCUT2D eigenvalue weighted by atomic mass is 32.1. The largest absolute Gasteiger partial charge is 0.462 e. The smallest absolute Gasteiger partial charge is 0.348 e. The summed E-state index contributed by atoms with van der Waals surface area (Å²) in [7, 11) is 0. The summed E-state index contributed by atoms with van der Waals surface area (Å²) >= 11 is 1.12. The van der Waals surface area contributed by atoms with Crippen LogP contribution in [-0.2, 0) is 24.2 Å². The minimum atomic E-state index is -0.496. The summed E-state index contributed by atoms with van der Waals surface area (Å²) < 4.78 is 7.83. The SMILES string of the molecule is CCOC(=O)c1sc2c(c1C)c(=O)n(CC1=NNNN1)c(=O)n2CCc1ccccc1. The van der Waals surface area contributed by atoms with Crippen LogP contribution in [0.4, 0.5) is 0 Å². The first-order valence-electron chi connectivity index (χ1n) is 9.81.